The van der Waals surface area contributed by atoms with Crippen molar-refractivity contribution in [3.63, 3.8) is 0 Å². The zero-order chi connectivity index (χ0) is 23.2. The minimum absolute atomic E-state index is 0.00673. The lowest BCUT2D eigenvalue weighted by atomic mass is 9.99. The second kappa shape index (κ2) is 7.79. The Labute approximate surface area is 189 Å². The maximum atomic E-state index is 13.5. The molecule has 1 aliphatic rings. The van der Waals surface area contributed by atoms with Crippen molar-refractivity contribution in [3.05, 3.63) is 77.7 Å². The molecule has 5 aromatic rings. The molecule has 0 bridgehead atoms. The first-order valence-corrected chi connectivity index (χ1v) is 10.3. The van der Waals surface area contributed by atoms with Crippen LogP contribution in [0.2, 0.25) is 0 Å². The second-order valence-electron chi connectivity index (χ2n) is 7.57. The van der Waals surface area contributed by atoms with E-state index in [4.69, 9.17) is 4.42 Å². The smallest absolute Gasteiger partial charge is 0.312 e. The van der Waals surface area contributed by atoms with Crippen molar-refractivity contribution in [2.45, 2.75) is 18.9 Å². The van der Waals surface area contributed by atoms with Crippen molar-refractivity contribution in [2.24, 2.45) is 0 Å². The molecule has 170 valence electrons. The molecule has 6 heterocycles. The maximum absolute atomic E-state index is 13.5. The van der Waals surface area contributed by atoms with Gasteiger partial charge in [0.15, 0.2) is 0 Å². The van der Waals surface area contributed by atoms with Crippen molar-refractivity contribution >= 4 is 11.4 Å². The third-order valence-electron chi connectivity index (χ3n) is 5.62. The van der Waals surface area contributed by atoms with Gasteiger partial charge >= 0.3 is 11.8 Å². The number of carbonyl (C=O) groups is 1. The molecule has 1 unspecified atom stereocenters. The summed E-state index contributed by atoms with van der Waals surface area (Å²) >= 11 is 0. The lowest BCUT2D eigenvalue weighted by Crippen LogP contribution is -2.41. The molecular formula is C21H15F2N9O2. The molecule has 1 N–H and O–H groups in total. The van der Waals surface area contributed by atoms with E-state index in [9.17, 15) is 13.6 Å². The highest BCUT2D eigenvalue weighted by Gasteiger charge is 2.38. The summed E-state index contributed by atoms with van der Waals surface area (Å²) in [6.07, 6.45) is 3.99. The molecule has 13 heteroatoms. The number of carbonyl (C=O) groups excluding carboxylic acids is 1. The zero-order valence-corrected chi connectivity index (χ0v) is 17.3. The van der Waals surface area contributed by atoms with E-state index in [0.29, 0.717) is 24.4 Å². The van der Waals surface area contributed by atoms with Crippen LogP contribution in [-0.2, 0) is 6.42 Å². The molecule has 34 heavy (non-hydrogen) atoms. The van der Waals surface area contributed by atoms with Gasteiger partial charge in [-0.1, -0.05) is 0 Å². The van der Waals surface area contributed by atoms with Crippen LogP contribution >= 0.6 is 0 Å². The van der Waals surface area contributed by atoms with E-state index < -0.39 is 18.4 Å². The van der Waals surface area contributed by atoms with Crippen LogP contribution in [-0.4, -0.2) is 57.1 Å². The van der Waals surface area contributed by atoms with Crippen LogP contribution in [0.3, 0.4) is 0 Å². The first kappa shape index (κ1) is 20.1. The van der Waals surface area contributed by atoms with Crippen molar-refractivity contribution in [1.29, 1.82) is 0 Å². The van der Waals surface area contributed by atoms with E-state index in [0.717, 1.165) is 5.69 Å². The molecule has 6 rings (SSSR count). The number of nitrogens with zero attached hydrogens (tertiary/aromatic N) is 8. The van der Waals surface area contributed by atoms with Crippen LogP contribution in [0, 0.1) is 0 Å². The van der Waals surface area contributed by atoms with Crippen LogP contribution in [0.15, 0.2) is 53.6 Å². The number of fused-ring (bicyclic) bond motifs is 2. The number of hydrogen-bond acceptors (Lipinski definition) is 8. The number of aromatic nitrogens is 8. The monoisotopic (exact) mass is 463 g/mol. The number of pyridine rings is 1. The number of nitrogens with one attached hydrogen (secondary N) is 1. The Kier molecular flexibility index (Phi) is 4.60. The van der Waals surface area contributed by atoms with Crippen LogP contribution in [0.1, 0.15) is 45.8 Å². The summed E-state index contributed by atoms with van der Waals surface area (Å²) in [5, 5.41) is 12.3. The number of hydrogen-bond donors (Lipinski definition) is 1. The molecular weight excluding hydrogens is 448 g/mol. The standard InChI is InChI=1S/C21H15F2N9O2/c22-17(23)11-3-1-7-32-14(11)9-13(30-32)16-15-12(26-10-27-15)4-8-31(16)21(33)20-29-28-19(34-20)18-24-5-2-6-25-18/h1-3,5-7,9-10,16-17H,4,8H2,(H,26,27). The molecule has 0 aromatic carbocycles. The van der Waals surface area contributed by atoms with Crippen LogP contribution in [0.25, 0.3) is 17.2 Å². The van der Waals surface area contributed by atoms with E-state index in [-0.39, 0.29) is 28.7 Å². The summed E-state index contributed by atoms with van der Waals surface area (Å²) in [4.78, 5) is 30.5. The Balaban J connectivity index is 1.42. The van der Waals surface area contributed by atoms with E-state index in [1.807, 2.05) is 0 Å². The minimum atomic E-state index is -2.67. The van der Waals surface area contributed by atoms with Gasteiger partial charge in [0.2, 0.25) is 5.82 Å². The highest BCUT2D eigenvalue weighted by Crippen LogP contribution is 2.35. The highest BCUT2D eigenvalue weighted by atomic mass is 19.3. The van der Waals surface area contributed by atoms with E-state index in [2.05, 4.69) is 35.2 Å². The van der Waals surface area contributed by atoms with E-state index >= 15 is 0 Å². The van der Waals surface area contributed by atoms with Crippen molar-refractivity contribution in [3.8, 4) is 11.7 Å². The number of imidazole rings is 1. The fraction of sp³-hybridized carbons (Fsp3) is 0.190. The summed E-state index contributed by atoms with van der Waals surface area (Å²) in [5.74, 6) is -0.589. The topological polar surface area (TPSA) is 131 Å². The fourth-order valence-corrected chi connectivity index (χ4v) is 4.10. The summed E-state index contributed by atoms with van der Waals surface area (Å²) < 4.78 is 34.0. The number of H-pyrrole nitrogens is 1. The Bertz CT molecular complexity index is 1490. The molecule has 1 amide bonds. The normalized spacial score (nSPS) is 15.7. The predicted molar refractivity (Wildman–Crippen MR) is 111 cm³/mol. The number of alkyl halides is 2. The molecule has 0 radical (unpaired) electrons. The molecule has 0 spiro atoms. The lowest BCUT2D eigenvalue weighted by Gasteiger charge is -2.32. The predicted octanol–water partition coefficient (Wildman–Crippen LogP) is 2.62. The van der Waals surface area contributed by atoms with Crippen LogP contribution < -0.4 is 0 Å². The van der Waals surface area contributed by atoms with Gasteiger partial charge in [0.25, 0.3) is 12.3 Å². The average Bonchev–Trinajstić information content (AvgIpc) is 3.62. The fourth-order valence-electron chi connectivity index (χ4n) is 4.10. The van der Waals surface area contributed by atoms with Crippen LogP contribution in [0.4, 0.5) is 8.78 Å². The summed E-state index contributed by atoms with van der Waals surface area (Å²) in [6, 6.07) is 5.30. The minimum Gasteiger partial charge on any atom is -0.409 e. The second-order valence-corrected chi connectivity index (χ2v) is 7.57. The summed E-state index contributed by atoms with van der Waals surface area (Å²) in [7, 11) is 0. The van der Waals surface area contributed by atoms with E-state index in [1.54, 1.807) is 18.3 Å². The van der Waals surface area contributed by atoms with E-state index in [1.165, 1.54) is 40.3 Å². The number of halogens is 2. The number of aromatic amines is 1. The van der Waals surface area contributed by atoms with Gasteiger partial charge in [-0.25, -0.2) is 28.2 Å². The molecule has 5 aromatic heterocycles. The van der Waals surface area contributed by atoms with Crippen LogP contribution in [0.5, 0.6) is 0 Å². The molecule has 0 aliphatic carbocycles. The van der Waals surface area contributed by atoms with Gasteiger partial charge in [-0.2, -0.15) is 5.10 Å². The first-order chi connectivity index (χ1) is 16.6. The molecule has 0 saturated heterocycles. The van der Waals surface area contributed by atoms with Crippen molar-refractivity contribution < 1.29 is 18.0 Å². The average molecular weight is 463 g/mol. The highest BCUT2D eigenvalue weighted by molar-refractivity contribution is 5.90. The first-order valence-electron chi connectivity index (χ1n) is 10.3. The maximum Gasteiger partial charge on any atom is 0.312 e. The Morgan fingerprint density at radius 2 is 2.03 bits per heavy atom. The van der Waals surface area contributed by atoms with Crippen molar-refractivity contribution in [1.82, 2.24) is 44.6 Å². The molecule has 0 saturated carbocycles. The zero-order valence-electron chi connectivity index (χ0n) is 17.3. The molecule has 0 fully saturated rings. The Hall–Kier alpha value is -4.55. The van der Waals surface area contributed by atoms with Gasteiger partial charge in [-0.15, -0.1) is 10.2 Å². The summed E-state index contributed by atoms with van der Waals surface area (Å²) in [5.41, 5.74) is 1.91. The SMILES string of the molecule is O=C(c1nnc(-c2ncccn2)o1)N1CCc2[nH]cnc2C1c1cc2c(C(F)F)cccn2n1. The quantitative estimate of drug-likeness (QED) is 0.430. The van der Waals surface area contributed by atoms with Gasteiger partial charge in [-0.3, -0.25) is 4.79 Å². The van der Waals surface area contributed by atoms with Gasteiger partial charge < -0.3 is 14.3 Å². The largest absolute Gasteiger partial charge is 0.409 e. The Morgan fingerprint density at radius 1 is 1.18 bits per heavy atom. The van der Waals surface area contributed by atoms with Gasteiger partial charge in [0.05, 0.1) is 23.2 Å². The van der Waals surface area contributed by atoms with Gasteiger partial charge in [0.1, 0.15) is 6.04 Å². The molecule has 1 atom stereocenters. The third kappa shape index (κ3) is 3.20. The van der Waals surface area contributed by atoms with Crippen molar-refractivity contribution in [2.75, 3.05) is 6.54 Å². The summed E-state index contributed by atoms with van der Waals surface area (Å²) in [6.45, 7) is 0.299. The number of amides is 1. The Morgan fingerprint density at radius 3 is 2.85 bits per heavy atom. The lowest BCUT2D eigenvalue weighted by molar-refractivity contribution is 0.0646. The van der Waals surface area contributed by atoms with Gasteiger partial charge in [0, 0.05) is 42.8 Å². The molecule has 1 aliphatic heterocycles. The molecule has 11 nitrogen and oxygen atoms in total. The van der Waals surface area contributed by atoms with Gasteiger partial charge in [-0.05, 0) is 24.3 Å². The third-order valence-corrected chi connectivity index (χ3v) is 5.62. The number of rotatable bonds is 4.